The second kappa shape index (κ2) is 9.55. The molecule has 0 radical (unpaired) electrons. The second-order valence-corrected chi connectivity index (χ2v) is 7.73. The Morgan fingerprint density at radius 2 is 1.24 bits per heavy atom. The highest BCUT2D eigenvalue weighted by Crippen LogP contribution is 2.37. The molecule has 1 heterocycles. The van der Waals surface area contributed by atoms with Crippen LogP contribution in [0.1, 0.15) is 0 Å². The van der Waals surface area contributed by atoms with E-state index in [1.807, 2.05) is 60.7 Å². The molecule has 34 heavy (non-hydrogen) atoms. The first-order valence-corrected chi connectivity index (χ1v) is 10.9. The Hall–Kier alpha value is -4.51. The van der Waals surface area contributed by atoms with Crippen molar-refractivity contribution in [3.8, 4) is 34.1 Å². The molecular formula is C29H24N2O3. The summed E-state index contributed by atoms with van der Waals surface area (Å²) in [5, 5.41) is 4.28. The van der Waals surface area contributed by atoms with Gasteiger partial charge in [0.25, 0.3) is 0 Å². The van der Waals surface area contributed by atoms with E-state index in [1.54, 1.807) is 20.4 Å². The number of hydrogen-bond donors (Lipinski definition) is 1. The number of hydrogen-bond acceptors (Lipinski definition) is 5. The number of pyridine rings is 1. The summed E-state index contributed by atoms with van der Waals surface area (Å²) in [6.07, 6.45) is 1.72. The van der Waals surface area contributed by atoms with Crippen LogP contribution in [0, 0.1) is 0 Å². The molecule has 5 aromatic rings. The largest absolute Gasteiger partial charge is 0.493 e. The zero-order chi connectivity index (χ0) is 23.3. The molecule has 0 unspecified atom stereocenters. The molecule has 5 heteroatoms. The van der Waals surface area contributed by atoms with Gasteiger partial charge in [0.05, 0.1) is 19.7 Å². The lowest BCUT2D eigenvalue weighted by atomic mass is 10.1. The molecule has 0 atom stereocenters. The van der Waals surface area contributed by atoms with Crippen molar-refractivity contribution in [3.05, 3.63) is 103 Å². The SMILES string of the molecule is COc1cc2nccc(Oc3ccc(Nc4ccc(-c5ccccc5)cc4)cc3)c2cc1OC. The zero-order valence-corrected chi connectivity index (χ0v) is 19.0. The lowest BCUT2D eigenvalue weighted by Crippen LogP contribution is -1.94. The molecule has 0 aliphatic rings. The van der Waals surface area contributed by atoms with Gasteiger partial charge in [0.15, 0.2) is 11.5 Å². The molecule has 1 N–H and O–H groups in total. The molecule has 0 fully saturated rings. The maximum absolute atomic E-state index is 6.17. The molecule has 5 nitrogen and oxygen atoms in total. The van der Waals surface area contributed by atoms with Gasteiger partial charge in [-0.3, -0.25) is 4.98 Å². The Labute approximate surface area is 198 Å². The standard InChI is InChI=1S/C29H24N2O3/c1-32-28-18-25-26(19-29(28)33-2)30-17-16-27(25)34-24-14-12-23(13-15-24)31-22-10-8-21(9-11-22)20-6-4-3-5-7-20/h3-19,31H,1-2H3. The normalized spacial score (nSPS) is 10.6. The van der Waals surface area contributed by atoms with Crippen LogP contribution in [0.3, 0.4) is 0 Å². The fourth-order valence-corrected chi connectivity index (χ4v) is 3.81. The van der Waals surface area contributed by atoms with Crippen molar-refractivity contribution < 1.29 is 14.2 Å². The first-order valence-electron chi connectivity index (χ1n) is 10.9. The second-order valence-electron chi connectivity index (χ2n) is 7.73. The fourth-order valence-electron chi connectivity index (χ4n) is 3.81. The molecule has 0 saturated carbocycles. The molecule has 0 amide bonds. The first-order chi connectivity index (χ1) is 16.7. The van der Waals surface area contributed by atoms with Gasteiger partial charge in [-0.2, -0.15) is 0 Å². The summed E-state index contributed by atoms with van der Waals surface area (Å²) in [4.78, 5) is 4.43. The van der Waals surface area contributed by atoms with E-state index in [0.717, 1.165) is 28.0 Å². The maximum Gasteiger partial charge on any atom is 0.162 e. The van der Waals surface area contributed by atoms with Crippen molar-refractivity contribution in [1.29, 1.82) is 0 Å². The molecule has 0 spiro atoms. The van der Waals surface area contributed by atoms with Gasteiger partial charge < -0.3 is 19.5 Å². The van der Waals surface area contributed by atoms with Gasteiger partial charge >= 0.3 is 0 Å². The highest BCUT2D eigenvalue weighted by Gasteiger charge is 2.11. The van der Waals surface area contributed by atoms with Gasteiger partial charge in [-0.05, 0) is 59.7 Å². The van der Waals surface area contributed by atoms with E-state index in [0.29, 0.717) is 17.2 Å². The Morgan fingerprint density at radius 1 is 0.618 bits per heavy atom. The van der Waals surface area contributed by atoms with Crippen LogP contribution in [-0.4, -0.2) is 19.2 Å². The van der Waals surface area contributed by atoms with Crippen LogP contribution in [0.5, 0.6) is 23.0 Å². The quantitative estimate of drug-likeness (QED) is 0.280. The number of nitrogens with zero attached hydrogens (tertiary/aromatic N) is 1. The molecule has 0 saturated heterocycles. The summed E-state index contributed by atoms with van der Waals surface area (Å²) < 4.78 is 17.0. The van der Waals surface area contributed by atoms with E-state index in [2.05, 4.69) is 46.7 Å². The van der Waals surface area contributed by atoms with Crippen molar-refractivity contribution in [3.63, 3.8) is 0 Å². The minimum absolute atomic E-state index is 0.630. The molecule has 0 aliphatic heterocycles. The number of anilines is 2. The molecule has 1 aromatic heterocycles. The number of rotatable bonds is 7. The van der Waals surface area contributed by atoms with Crippen LogP contribution in [-0.2, 0) is 0 Å². The van der Waals surface area contributed by atoms with Crippen molar-refractivity contribution in [2.24, 2.45) is 0 Å². The summed E-state index contributed by atoms with van der Waals surface area (Å²) in [5.41, 5.74) is 5.16. The highest BCUT2D eigenvalue weighted by atomic mass is 16.5. The zero-order valence-electron chi connectivity index (χ0n) is 19.0. The van der Waals surface area contributed by atoms with Crippen molar-refractivity contribution in [1.82, 2.24) is 4.98 Å². The van der Waals surface area contributed by atoms with Crippen LogP contribution in [0.25, 0.3) is 22.0 Å². The Bertz CT molecular complexity index is 1400. The van der Waals surface area contributed by atoms with Gasteiger partial charge in [0.1, 0.15) is 11.5 Å². The summed E-state index contributed by atoms with van der Waals surface area (Å²) in [5.74, 6) is 2.69. The summed E-state index contributed by atoms with van der Waals surface area (Å²) in [6, 6.07) is 32.2. The average molecular weight is 449 g/mol. The van der Waals surface area contributed by atoms with Crippen molar-refractivity contribution >= 4 is 22.3 Å². The molecule has 0 aliphatic carbocycles. The van der Waals surface area contributed by atoms with Gasteiger partial charge in [0.2, 0.25) is 0 Å². The number of ether oxygens (including phenoxy) is 3. The number of fused-ring (bicyclic) bond motifs is 1. The van der Waals surface area contributed by atoms with E-state index in [-0.39, 0.29) is 0 Å². The van der Waals surface area contributed by atoms with Gasteiger partial charge in [0, 0.05) is 29.0 Å². The van der Waals surface area contributed by atoms with E-state index >= 15 is 0 Å². The topological polar surface area (TPSA) is 52.6 Å². The smallest absolute Gasteiger partial charge is 0.162 e. The van der Waals surface area contributed by atoms with Crippen LogP contribution in [0.2, 0.25) is 0 Å². The van der Waals surface area contributed by atoms with Crippen molar-refractivity contribution in [2.45, 2.75) is 0 Å². The van der Waals surface area contributed by atoms with Crippen LogP contribution in [0.4, 0.5) is 11.4 Å². The lowest BCUT2D eigenvalue weighted by Gasteiger charge is -2.13. The predicted molar refractivity (Wildman–Crippen MR) is 137 cm³/mol. The number of benzene rings is 4. The van der Waals surface area contributed by atoms with E-state index < -0.39 is 0 Å². The summed E-state index contributed by atoms with van der Waals surface area (Å²) in [7, 11) is 3.22. The first kappa shape index (κ1) is 21.3. The third-order valence-electron chi connectivity index (χ3n) is 5.57. The number of aromatic nitrogens is 1. The summed E-state index contributed by atoms with van der Waals surface area (Å²) in [6.45, 7) is 0. The minimum Gasteiger partial charge on any atom is -0.493 e. The van der Waals surface area contributed by atoms with Gasteiger partial charge in [-0.1, -0.05) is 42.5 Å². The van der Waals surface area contributed by atoms with E-state index in [4.69, 9.17) is 14.2 Å². The monoisotopic (exact) mass is 448 g/mol. The Morgan fingerprint density at radius 3 is 1.91 bits per heavy atom. The molecular weight excluding hydrogens is 424 g/mol. The molecule has 4 aromatic carbocycles. The third-order valence-corrected chi connectivity index (χ3v) is 5.57. The highest BCUT2D eigenvalue weighted by molar-refractivity contribution is 5.88. The predicted octanol–water partition coefficient (Wildman–Crippen LogP) is 7.45. The maximum atomic E-state index is 6.17. The molecule has 168 valence electrons. The number of methoxy groups -OCH3 is 2. The summed E-state index contributed by atoms with van der Waals surface area (Å²) >= 11 is 0. The van der Waals surface area contributed by atoms with E-state index in [1.165, 1.54) is 11.1 Å². The third kappa shape index (κ3) is 4.50. The van der Waals surface area contributed by atoms with Gasteiger partial charge in [-0.25, -0.2) is 0 Å². The van der Waals surface area contributed by atoms with Crippen LogP contribution in [0.15, 0.2) is 103 Å². The molecule has 5 rings (SSSR count). The van der Waals surface area contributed by atoms with E-state index in [9.17, 15) is 0 Å². The van der Waals surface area contributed by atoms with Crippen molar-refractivity contribution in [2.75, 3.05) is 19.5 Å². The number of nitrogens with one attached hydrogen (secondary N) is 1. The Balaban J connectivity index is 1.32. The van der Waals surface area contributed by atoms with Crippen LogP contribution < -0.4 is 19.5 Å². The Kier molecular flexibility index (Phi) is 5.99. The fraction of sp³-hybridized carbons (Fsp3) is 0.0690. The van der Waals surface area contributed by atoms with Crippen LogP contribution >= 0.6 is 0 Å². The minimum atomic E-state index is 0.630. The lowest BCUT2D eigenvalue weighted by molar-refractivity contribution is 0.355. The molecule has 0 bridgehead atoms. The van der Waals surface area contributed by atoms with Gasteiger partial charge in [-0.15, -0.1) is 0 Å². The average Bonchev–Trinajstić information content (AvgIpc) is 2.90.